The van der Waals surface area contributed by atoms with Gasteiger partial charge in [-0.15, -0.1) is 0 Å². The third kappa shape index (κ3) is 4.80. The van der Waals surface area contributed by atoms with Crippen LogP contribution in [0.25, 0.3) is 88.0 Å². The molecule has 0 radical (unpaired) electrons. The number of para-hydroxylation sites is 2. The number of hydrogen-bond acceptors (Lipinski definition) is 3. The fourth-order valence-electron chi connectivity index (χ4n) is 9.60. The van der Waals surface area contributed by atoms with E-state index in [9.17, 15) is 0 Å². The van der Waals surface area contributed by atoms with Gasteiger partial charge in [-0.2, -0.15) is 0 Å². The van der Waals surface area contributed by atoms with Gasteiger partial charge in [0.1, 0.15) is 22.3 Å². The molecular formula is C55H37NO2. The average molecular weight is 744 g/mol. The molecule has 0 saturated carbocycles. The molecule has 12 rings (SSSR count). The molecule has 0 atom stereocenters. The third-order valence-corrected chi connectivity index (χ3v) is 12.5. The predicted octanol–water partition coefficient (Wildman–Crippen LogP) is 15.7. The number of nitrogens with zero attached hydrogens (tertiary/aromatic N) is 1. The molecule has 0 aliphatic heterocycles. The van der Waals surface area contributed by atoms with Crippen molar-refractivity contribution in [2.24, 2.45) is 0 Å². The zero-order chi connectivity index (χ0) is 38.5. The van der Waals surface area contributed by atoms with Crippen molar-refractivity contribution in [2.45, 2.75) is 19.3 Å². The highest BCUT2D eigenvalue weighted by Gasteiger charge is 2.36. The topological polar surface area (TPSA) is 29.5 Å². The standard InChI is InChI=1S/C55H37NO2/c1-55(2)48-21-10-8-15-40(48)41-29-28-38(32-49(41)55)56(37-26-23-35(24-27-37)34-13-4-3-5-14-34)50-33-47-45-20-12-19-39(53(45)58-54(47)44-18-7-6-16-42(44)50)36-25-30-52-46(31-36)43-17-9-11-22-51(43)57-52/h3-33H,1-2H3. The van der Waals surface area contributed by atoms with Crippen molar-refractivity contribution in [1.82, 2.24) is 0 Å². The lowest BCUT2D eigenvalue weighted by atomic mass is 9.82. The SMILES string of the molecule is CC1(C)c2ccccc2-c2ccc(N(c3ccc(-c4ccccc4)cc3)c3cc4c5cccc(-c6ccc7oc8ccccc8c7c6)c5oc4c4ccccc34)cc21. The molecular weight excluding hydrogens is 707 g/mol. The zero-order valence-electron chi connectivity index (χ0n) is 32.2. The largest absolute Gasteiger partial charge is 0.456 e. The van der Waals surface area contributed by atoms with Crippen LogP contribution in [-0.2, 0) is 5.41 Å². The van der Waals surface area contributed by atoms with Gasteiger partial charge in [0.2, 0.25) is 0 Å². The molecule has 0 bridgehead atoms. The second-order valence-corrected chi connectivity index (χ2v) is 16.1. The van der Waals surface area contributed by atoms with Crippen LogP contribution in [0.1, 0.15) is 25.0 Å². The number of benzene rings is 9. The number of hydrogen-bond donors (Lipinski definition) is 0. The smallest absolute Gasteiger partial charge is 0.143 e. The van der Waals surface area contributed by atoms with Crippen molar-refractivity contribution in [3.05, 3.63) is 199 Å². The Morgan fingerprint density at radius 2 is 0.983 bits per heavy atom. The normalized spacial score (nSPS) is 13.1. The van der Waals surface area contributed by atoms with Crippen molar-refractivity contribution in [3.8, 4) is 33.4 Å². The molecule has 3 heteroatoms. The van der Waals surface area contributed by atoms with Crippen molar-refractivity contribution in [2.75, 3.05) is 4.90 Å². The Kier molecular flexibility index (Phi) is 6.98. The molecule has 0 N–H and O–H groups in total. The second-order valence-electron chi connectivity index (χ2n) is 16.1. The van der Waals surface area contributed by atoms with E-state index in [1.807, 2.05) is 12.1 Å². The van der Waals surface area contributed by atoms with E-state index in [-0.39, 0.29) is 5.41 Å². The molecule has 0 amide bonds. The molecule has 0 unspecified atom stereocenters. The minimum Gasteiger partial charge on any atom is -0.456 e. The summed E-state index contributed by atoms with van der Waals surface area (Å²) in [5.41, 5.74) is 16.6. The Morgan fingerprint density at radius 3 is 1.84 bits per heavy atom. The van der Waals surface area contributed by atoms with Crippen LogP contribution in [0.15, 0.2) is 197 Å². The summed E-state index contributed by atoms with van der Waals surface area (Å²) < 4.78 is 13.2. The van der Waals surface area contributed by atoms with Gasteiger partial charge in [0, 0.05) is 54.7 Å². The maximum absolute atomic E-state index is 7.02. The Morgan fingerprint density at radius 1 is 0.362 bits per heavy atom. The van der Waals surface area contributed by atoms with Crippen LogP contribution < -0.4 is 4.90 Å². The molecule has 274 valence electrons. The van der Waals surface area contributed by atoms with Crippen LogP contribution in [0.4, 0.5) is 17.1 Å². The van der Waals surface area contributed by atoms with Crippen LogP contribution in [0.2, 0.25) is 0 Å². The third-order valence-electron chi connectivity index (χ3n) is 12.5. The molecule has 3 nitrogen and oxygen atoms in total. The highest BCUT2D eigenvalue weighted by molar-refractivity contribution is 6.21. The summed E-state index contributed by atoms with van der Waals surface area (Å²) in [6.07, 6.45) is 0. The summed E-state index contributed by atoms with van der Waals surface area (Å²) in [5.74, 6) is 0. The van der Waals surface area contributed by atoms with Crippen LogP contribution in [0.3, 0.4) is 0 Å². The minimum absolute atomic E-state index is 0.139. The zero-order valence-corrected chi connectivity index (χ0v) is 32.2. The molecule has 58 heavy (non-hydrogen) atoms. The first-order chi connectivity index (χ1) is 28.5. The minimum atomic E-state index is -0.139. The first-order valence-corrected chi connectivity index (χ1v) is 20.0. The Hall–Kier alpha value is -7.36. The molecule has 11 aromatic rings. The highest BCUT2D eigenvalue weighted by Crippen LogP contribution is 2.52. The van der Waals surface area contributed by atoms with Gasteiger partial charge >= 0.3 is 0 Å². The van der Waals surface area contributed by atoms with Crippen molar-refractivity contribution in [3.63, 3.8) is 0 Å². The lowest BCUT2D eigenvalue weighted by Gasteiger charge is -2.29. The van der Waals surface area contributed by atoms with Crippen molar-refractivity contribution < 1.29 is 8.83 Å². The average Bonchev–Trinajstić information content (AvgIpc) is 3.92. The summed E-state index contributed by atoms with van der Waals surface area (Å²) in [7, 11) is 0. The fraction of sp³-hybridized carbons (Fsp3) is 0.0545. The van der Waals surface area contributed by atoms with E-state index >= 15 is 0 Å². The number of anilines is 3. The molecule has 9 aromatic carbocycles. The van der Waals surface area contributed by atoms with Gasteiger partial charge in [0.15, 0.2) is 0 Å². The number of furan rings is 2. The quantitative estimate of drug-likeness (QED) is 0.176. The highest BCUT2D eigenvalue weighted by atomic mass is 16.3. The molecule has 1 aliphatic rings. The Labute approximate surface area is 336 Å². The lowest BCUT2D eigenvalue weighted by Crippen LogP contribution is -2.16. The summed E-state index contributed by atoms with van der Waals surface area (Å²) >= 11 is 0. The van der Waals surface area contributed by atoms with Gasteiger partial charge in [-0.05, 0) is 87.5 Å². The maximum Gasteiger partial charge on any atom is 0.143 e. The molecule has 2 heterocycles. The van der Waals surface area contributed by atoms with Gasteiger partial charge in [-0.25, -0.2) is 0 Å². The fourth-order valence-corrected chi connectivity index (χ4v) is 9.60. The number of fused-ring (bicyclic) bond motifs is 11. The van der Waals surface area contributed by atoms with Gasteiger partial charge in [-0.3, -0.25) is 0 Å². The van der Waals surface area contributed by atoms with Crippen LogP contribution >= 0.6 is 0 Å². The lowest BCUT2D eigenvalue weighted by molar-refractivity contribution is 0.660. The maximum atomic E-state index is 7.02. The summed E-state index contributed by atoms with van der Waals surface area (Å²) in [5, 5.41) is 6.58. The van der Waals surface area contributed by atoms with Gasteiger partial charge in [0.25, 0.3) is 0 Å². The predicted molar refractivity (Wildman–Crippen MR) is 242 cm³/mol. The molecule has 0 spiro atoms. The van der Waals surface area contributed by atoms with Crippen molar-refractivity contribution >= 4 is 71.7 Å². The number of rotatable bonds is 5. The van der Waals surface area contributed by atoms with Crippen LogP contribution in [0, 0.1) is 0 Å². The first kappa shape index (κ1) is 32.8. The first-order valence-electron chi connectivity index (χ1n) is 20.0. The Balaban J connectivity index is 1.09. The molecule has 0 saturated heterocycles. The summed E-state index contributed by atoms with van der Waals surface area (Å²) in [6, 6.07) is 67.7. The van der Waals surface area contributed by atoms with E-state index in [0.29, 0.717) is 0 Å². The van der Waals surface area contributed by atoms with E-state index < -0.39 is 0 Å². The van der Waals surface area contributed by atoms with E-state index in [2.05, 4.69) is 195 Å². The summed E-state index contributed by atoms with van der Waals surface area (Å²) in [6.45, 7) is 4.70. The van der Waals surface area contributed by atoms with Crippen LogP contribution in [-0.4, -0.2) is 0 Å². The van der Waals surface area contributed by atoms with E-state index in [0.717, 1.165) is 82.8 Å². The van der Waals surface area contributed by atoms with Crippen LogP contribution in [0.5, 0.6) is 0 Å². The van der Waals surface area contributed by atoms with Gasteiger partial charge < -0.3 is 13.7 Å². The molecule has 2 aromatic heterocycles. The summed E-state index contributed by atoms with van der Waals surface area (Å²) in [4.78, 5) is 2.44. The van der Waals surface area contributed by atoms with E-state index in [1.54, 1.807) is 0 Å². The van der Waals surface area contributed by atoms with E-state index in [1.165, 1.54) is 33.4 Å². The monoisotopic (exact) mass is 743 g/mol. The van der Waals surface area contributed by atoms with E-state index in [4.69, 9.17) is 8.83 Å². The molecule has 1 aliphatic carbocycles. The Bertz CT molecular complexity index is 3420. The van der Waals surface area contributed by atoms with Gasteiger partial charge in [0.05, 0.1) is 5.69 Å². The van der Waals surface area contributed by atoms with Crippen molar-refractivity contribution in [1.29, 1.82) is 0 Å². The van der Waals surface area contributed by atoms with Gasteiger partial charge in [-0.1, -0.05) is 153 Å². The molecule has 0 fully saturated rings. The second kappa shape index (κ2) is 12.3.